The molecule has 0 saturated carbocycles. The van der Waals surface area contributed by atoms with Crippen LogP contribution in [0.15, 0.2) is 36.5 Å². The van der Waals surface area contributed by atoms with Crippen LogP contribution >= 0.6 is 0 Å². The van der Waals surface area contributed by atoms with Crippen molar-refractivity contribution in [1.82, 2.24) is 9.38 Å². The number of aromatic nitrogens is 2. The zero-order valence-electron chi connectivity index (χ0n) is 15.7. The van der Waals surface area contributed by atoms with Crippen molar-refractivity contribution in [1.29, 1.82) is 0 Å². The van der Waals surface area contributed by atoms with Crippen LogP contribution < -0.4 is 10.6 Å². The maximum atomic E-state index is 11.9. The van der Waals surface area contributed by atoms with E-state index in [9.17, 15) is 15.0 Å². The molecule has 3 aromatic rings. The number of aliphatic hydroxyl groups is 2. The van der Waals surface area contributed by atoms with Crippen molar-refractivity contribution in [2.24, 2.45) is 0 Å². The van der Waals surface area contributed by atoms with Crippen molar-refractivity contribution >= 4 is 22.9 Å². The van der Waals surface area contributed by atoms with Gasteiger partial charge in [0.15, 0.2) is 5.65 Å². The van der Waals surface area contributed by atoms with E-state index in [1.165, 1.54) is 6.92 Å². The summed E-state index contributed by atoms with van der Waals surface area (Å²) in [7, 11) is 0. The molecule has 2 heterocycles. The van der Waals surface area contributed by atoms with E-state index in [1.807, 2.05) is 54.8 Å². The van der Waals surface area contributed by atoms with E-state index in [1.54, 1.807) is 0 Å². The van der Waals surface area contributed by atoms with Gasteiger partial charge in [-0.3, -0.25) is 9.20 Å². The minimum atomic E-state index is -1.08. The highest BCUT2D eigenvalue weighted by Crippen LogP contribution is 2.24. The second-order valence-electron chi connectivity index (χ2n) is 6.54. The quantitative estimate of drug-likeness (QED) is 0.535. The lowest BCUT2D eigenvalue weighted by molar-refractivity contribution is -0.123. The molecule has 0 bridgehead atoms. The van der Waals surface area contributed by atoms with Gasteiger partial charge in [-0.25, -0.2) is 4.98 Å². The van der Waals surface area contributed by atoms with Gasteiger partial charge in [0.05, 0.1) is 23.7 Å². The summed E-state index contributed by atoms with van der Waals surface area (Å²) >= 11 is 0. The highest BCUT2D eigenvalue weighted by Gasteiger charge is 2.14. The molecule has 0 aliphatic carbocycles. The van der Waals surface area contributed by atoms with Crippen molar-refractivity contribution in [2.45, 2.75) is 40.0 Å². The highest BCUT2D eigenvalue weighted by molar-refractivity contribution is 5.94. The third-order valence-electron chi connectivity index (χ3n) is 4.60. The number of nitrogens with zero attached hydrogens (tertiary/aromatic N) is 2. The van der Waals surface area contributed by atoms with Crippen molar-refractivity contribution in [3.8, 4) is 0 Å². The second-order valence-corrected chi connectivity index (χ2v) is 6.54. The van der Waals surface area contributed by atoms with Crippen LogP contribution in [0.25, 0.3) is 5.65 Å². The average molecular weight is 368 g/mol. The summed E-state index contributed by atoms with van der Waals surface area (Å²) in [5, 5.41) is 25.2. The molecular weight excluding hydrogens is 344 g/mol. The molecule has 7 heteroatoms. The van der Waals surface area contributed by atoms with Crippen LogP contribution in [0.2, 0.25) is 0 Å². The van der Waals surface area contributed by atoms with Crippen molar-refractivity contribution in [2.75, 3.05) is 10.6 Å². The number of nitrogens with one attached hydrogen (secondary N) is 2. The first-order valence-corrected chi connectivity index (χ1v) is 8.81. The van der Waals surface area contributed by atoms with Crippen LogP contribution in [0.5, 0.6) is 0 Å². The van der Waals surface area contributed by atoms with Crippen LogP contribution in [-0.2, 0) is 17.9 Å². The molecule has 4 N–H and O–H groups in total. The number of rotatable bonds is 6. The van der Waals surface area contributed by atoms with Gasteiger partial charge in [0.1, 0.15) is 6.10 Å². The fourth-order valence-electron chi connectivity index (χ4n) is 3.03. The fraction of sp³-hybridized carbons (Fsp3) is 0.300. The third kappa shape index (κ3) is 3.79. The molecule has 27 heavy (non-hydrogen) atoms. The van der Waals surface area contributed by atoms with Gasteiger partial charge in [-0.2, -0.15) is 0 Å². The molecule has 1 aromatic carbocycles. The number of pyridine rings is 1. The van der Waals surface area contributed by atoms with E-state index in [4.69, 9.17) is 0 Å². The van der Waals surface area contributed by atoms with E-state index in [0.29, 0.717) is 12.2 Å². The summed E-state index contributed by atoms with van der Waals surface area (Å²) in [6, 6.07) is 9.47. The molecular formula is C20H24N4O3. The SMILES string of the molecule is Cc1cccc(NC(=O)[C@H](C)O)c1CNc1cccn2c(CO)c(C)nc12. The van der Waals surface area contributed by atoms with Crippen molar-refractivity contribution < 1.29 is 15.0 Å². The summed E-state index contributed by atoms with van der Waals surface area (Å²) < 4.78 is 1.87. The lowest BCUT2D eigenvalue weighted by atomic mass is 10.1. The molecule has 0 aliphatic rings. The summed E-state index contributed by atoms with van der Waals surface area (Å²) in [5.74, 6) is -0.444. The van der Waals surface area contributed by atoms with E-state index in [0.717, 1.165) is 33.8 Å². The lowest BCUT2D eigenvalue weighted by Gasteiger charge is -2.16. The molecule has 2 aromatic heterocycles. The van der Waals surface area contributed by atoms with Gasteiger partial charge in [-0.15, -0.1) is 0 Å². The molecule has 3 rings (SSSR count). The number of hydrogen-bond acceptors (Lipinski definition) is 5. The van der Waals surface area contributed by atoms with E-state index < -0.39 is 12.0 Å². The number of aryl methyl sites for hydroxylation is 2. The Morgan fingerprint density at radius 2 is 1.96 bits per heavy atom. The normalized spacial score (nSPS) is 12.2. The molecule has 7 nitrogen and oxygen atoms in total. The number of benzene rings is 1. The first kappa shape index (κ1) is 18.9. The van der Waals surface area contributed by atoms with Crippen LogP contribution in [0.4, 0.5) is 11.4 Å². The number of hydrogen-bond donors (Lipinski definition) is 4. The molecule has 0 aliphatic heterocycles. The van der Waals surface area contributed by atoms with Crippen LogP contribution in [-0.4, -0.2) is 31.6 Å². The van der Waals surface area contributed by atoms with Crippen LogP contribution in [0.1, 0.15) is 29.4 Å². The summed E-state index contributed by atoms with van der Waals surface area (Å²) in [6.45, 7) is 5.67. The van der Waals surface area contributed by atoms with E-state index in [-0.39, 0.29) is 6.61 Å². The Balaban J connectivity index is 1.89. The molecule has 1 amide bonds. The second kappa shape index (κ2) is 7.77. The maximum absolute atomic E-state index is 11.9. The summed E-state index contributed by atoms with van der Waals surface area (Å²) in [4.78, 5) is 16.4. The molecule has 142 valence electrons. The smallest absolute Gasteiger partial charge is 0.252 e. The number of amides is 1. The number of anilines is 2. The Morgan fingerprint density at radius 3 is 2.67 bits per heavy atom. The first-order valence-electron chi connectivity index (χ1n) is 8.81. The Morgan fingerprint density at radius 1 is 1.22 bits per heavy atom. The Hall–Kier alpha value is -2.90. The Bertz CT molecular complexity index is 979. The zero-order chi connectivity index (χ0) is 19.6. The topological polar surface area (TPSA) is 98.9 Å². The molecule has 0 radical (unpaired) electrons. The molecule has 1 atom stereocenters. The molecule has 0 unspecified atom stereocenters. The molecule has 0 fully saturated rings. The van der Waals surface area contributed by atoms with Gasteiger partial charge < -0.3 is 20.8 Å². The van der Waals surface area contributed by atoms with Gasteiger partial charge in [-0.1, -0.05) is 12.1 Å². The zero-order valence-corrected chi connectivity index (χ0v) is 15.7. The predicted molar refractivity (Wildman–Crippen MR) is 105 cm³/mol. The summed E-state index contributed by atoms with van der Waals surface area (Å²) in [5.41, 5.74) is 5.73. The number of imidazole rings is 1. The predicted octanol–water partition coefficient (Wildman–Crippen LogP) is 2.37. The number of fused-ring (bicyclic) bond motifs is 1. The van der Waals surface area contributed by atoms with Gasteiger partial charge in [0, 0.05) is 18.4 Å². The third-order valence-corrected chi connectivity index (χ3v) is 4.60. The van der Waals surface area contributed by atoms with Crippen molar-refractivity contribution in [3.63, 3.8) is 0 Å². The summed E-state index contributed by atoms with van der Waals surface area (Å²) in [6.07, 6.45) is 0.790. The largest absolute Gasteiger partial charge is 0.390 e. The fourth-order valence-corrected chi connectivity index (χ4v) is 3.03. The number of aliphatic hydroxyl groups excluding tert-OH is 2. The van der Waals surface area contributed by atoms with E-state index >= 15 is 0 Å². The maximum Gasteiger partial charge on any atom is 0.252 e. The number of carbonyl (C=O) groups excluding carboxylic acids is 1. The van der Waals surface area contributed by atoms with E-state index in [2.05, 4.69) is 15.6 Å². The Labute approximate surface area is 157 Å². The minimum absolute atomic E-state index is 0.0796. The molecule has 0 saturated heterocycles. The van der Waals surface area contributed by atoms with Crippen LogP contribution in [0.3, 0.4) is 0 Å². The highest BCUT2D eigenvalue weighted by atomic mass is 16.3. The monoisotopic (exact) mass is 368 g/mol. The standard InChI is InChI=1S/C20H24N4O3/c1-12-6-4-7-16(23-20(27)14(3)26)15(12)10-21-17-8-5-9-24-18(11-25)13(2)22-19(17)24/h4-9,14,21,25-26H,10-11H2,1-3H3,(H,23,27)/t14-/m0/s1. The molecule has 0 spiro atoms. The minimum Gasteiger partial charge on any atom is -0.390 e. The van der Waals surface area contributed by atoms with Gasteiger partial charge >= 0.3 is 0 Å². The van der Waals surface area contributed by atoms with Crippen molar-refractivity contribution in [3.05, 3.63) is 59.0 Å². The van der Waals surface area contributed by atoms with Crippen LogP contribution in [0, 0.1) is 13.8 Å². The van der Waals surface area contributed by atoms with Gasteiger partial charge in [0.25, 0.3) is 5.91 Å². The first-order chi connectivity index (χ1) is 12.9. The Kier molecular flexibility index (Phi) is 5.43. The van der Waals surface area contributed by atoms with Gasteiger partial charge in [0.2, 0.25) is 0 Å². The van der Waals surface area contributed by atoms with Gasteiger partial charge in [-0.05, 0) is 50.1 Å². The lowest BCUT2D eigenvalue weighted by Crippen LogP contribution is -2.25. The average Bonchev–Trinajstić information content (AvgIpc) is 2.96. The number of carbonyl (C=O) groups is 1.